The monoisotopic (exact) mass is 371 g/mol. The van der Waals surface area contributed by atoms with Crippen LogP contribution < -0.4 is 10.1 Å². The van der Waals surface area contributed by atoms with Crippen LogP contribution in [0.2, 0.25) is 0 Å². The Morgan fingerprint density at radius 1 is 1.00 bits per heavy atom. The fraction of sp³-hybridized carbons (Fsp3) is 0.318. The summed E-state index contributed by atoms with van der Waals surface area (Å²) in [5, 5.41) is 15.6. The Labute approximate surface area is 163 Å². The molecule has 2 saturated heterocycles. The molecule has 2 unspecified atom stereocenters. The number of hydrogen-bond donors (Lipinski definition) is 1. The van der Waals surface area contributed by atoms with Gasteiger partial charge in [-0.2, -0.15) is 0 Å². The first kappa shape index (κ1) is 16.0. The molecule has 6 nitrogen and oxygen atoms in total. The normalized spacial score (nSPS) is 22.6. The number of nitrogens with one attached hydrogen (secondary N) is 1. The number of piperidine rings is 1. The molecule has 0 spiro atoms. The maximum atomic E-state index is 6.32. The van der Waals surface area contributed by atoms with Crippen LogP contribution in [0.4, 0.5) is 0 Å². The third-order valence-corrected chi connectivity index (χ3v) is 6.18. The zero-order valence-electron chi connectivity index (χ0n) is 15.7. The van der Waals surface area contributed by atoms with E-state index in [-0.39, 0.29) is 0 Å². The van der Waals surface area contributed by atoms with Crippen molar-refractivity contribution < 1.29 is 4.74 Å². The van der Waals surface area contributed by atoms with Crippen LogP contribution in [-0.4, -0.2) is 32.3 Å². The van der Waals surface area contributed by atoms with E-state index in [1.54, 1.807) is 10.3 Å². The van der Waals surface area contributed by atoms with Gasteiger partial charge in [-0.25, -0.2) is 4.68 Å². The molecule has 1 N–H and O–H groups in total. The molecular formula is C22H21N5O. The number of hydrogen-bond acceptors (Lipinski definition) is 5. The van der Waals surface area contributed by atoms with Crippen molar-refractivity contribution in [3.05, 3.63) is 59.2 Å². The van der Waals surface area contributed by atoms with Crippen molar-refractivity contribution in [1.29, 1.82) is 0 Å². The van der Waals surface area contributed by atoms with E-state index >= 15 is 0 Å². The second-order valence-corrected chi connectivity index (χ2v) is 7.96. The summed E-state index contributed by atoms with van der Waals surface area (Å²) in [7, 11) is 1.85. The van der Waals surface area contributed by atoms with E-state index in [0.717, 1.165) is 35.7 Å². The van der Waals surface area contributed by atoms with Crippen molar-refractivity contribution in [3.63, 3.8) is 0 Å². The lowest BCUT2D eigenvalue weighted by Crippen LogP contribution is -2.35. The van der Waals surface area contributed by atoms with Crippen LogP contribution in [0.5, 0.6) is 11.5 Å². The number of rotatable bonds is 1. The van der Waals surface area contributed by atoms with Crippen LogP contribution in [0.25, 0.3) is 17.0 Å². The molecule has 28 heavy (non-hydrogen) atoms. The van der Waals surface area contributed by atoms with Crippen LogP contribution in [0.15, 0.2) is 48.0 Å². The van der Waals surface area contributed by atoms with E-state index in [9.17, 15) is 0 Å². The Hall–Kier alpha value is -2.99. The molecule has 0 radical (unpaired) electrons. The predicted octanol–water partition coefficient (Wildman–Crippen LogP) is 3.70. The Morgan fingerprint density at radius 3 is 2.57 bits per heavy atom. The number of fused-ring (bicyclic) bond motifs is 4. The van der Waals surface area contributed by atoms with Gasteiger partial charge in [-0.1, -0.05) is 29.8 Å². The third kappa shape index (κ3) is 2.41. The number of aromatic nitrogens is 4. The zero-order chi connectivity index (χ0) is 18.7. The molecule has 3 aliphatic heterocycles. The summed E-state index contributed by atoms with van der Waals surface area (Å²) >= 11 is 0. The number of tetrazole rings is 1. The summed E-state index contributed by atoms with van der Waals surface area (Å²) < 4.78 is 8.00. The molecule has 3 aromatic rings. The molecule has 2 aromatic carbocycles. The van der Waals surface area contributed by atoms with E-state index in [0.29, 0.717) is 12.1 Å². The summed E-state index contributed by atoms with van der Waals surface area (Å²) in [5.74, 6) is 2.54. The van der Waals surface area contributed by atoms with Crippen molar-refractivity contribution in [2.24, 2.45) is 7.05 Å². The second-order valence-electron chi connectivity index (χ2n) is 7.96. The molecule has 2 fully saturated rings. The highest BCUT2D eigenvalue weighted by molar-refractivity contribution is 5.90. The van der Waals surface area contributed by atoms with Gasteiger partial charge in [-0.05, 0) is 59.9 Å². The summed E-state index contributed by atoms with van der Waals surface area (Å²) in [5.41, 5.74) is 6.25. The van der Waals surface area contributed by atoms with E-state index in [1.165, 1.54) is 29.5 Å². The smallest absolute Gasteiger partial charge is 0.181 e. The molecule has 3 aliphatic rings. The topological polar surface area (TPSA) is 64.9 Å². The standard InChI is InChI=1S/C22H21N5O/c1-27-22(24-25-26-27)13-6-9-18-20(12-13)28-19-5-3-2-4-17(19)21(18)14-10-15-7-8-16(11-14)23-15/h2-6,9,12,15-16,23H,7-8,10-11H2,1H3. The summed E-state index contributed by atoms with van der Waals surface area (Å²) in [4.78, 5) is 0. The molecule has 0 saturated carbocycles. The van der Waals surface area contributed by atoms with Crippen molar-refractivity contribution in [2.75, 3.05) is 0 Å². The average Bonchev–Trinajstić information content (AvgIpc) is 3.30. The van der Waals surface area contributed by atoms with E-state index in [2.05, 4.69) is 57.2 Å². The van der Waals surface area contributed by atoms with Crippen LogP contribution >= 0.6 is 0 Å². The van der Waals surface area contributed by atoms with E-state index < -0.39 is 0 Å². The van der Waals surface area contributed by atoms with Gasteiger partial charge in [0.15, 0.2) is 5.82 Å². The second kappa shape index (κ2) is 6.01. The molecule has 140 valence electrons. The van der Waals surface area contributed by atoms with Crippen molar-refractivity contribution in [1.82, 2.24) is 25.5 Å². The molecular weight excluding hydrogens is 350 g/mol. The fourth-order valence-corrected chi connectivity index (χ4v) is 4.94. The van der Waals surface area contributed by atoms with Gasteiger partial charge in [-0.3, -0.25) is 0 Å². The summed E-state index contributed by atoms with van der Waals surface area (Å²) in [6.07, 6.45) is 4.80. The van der Waals surface area contributed by atoms with Gasteiger partial charge in [-0.15, -0.1) is 5.10 Å². The highest BCUT2D eigenvalue weighted by Crippen LogP contribution is 2.48. The maximum Gasteiger partial charge on any atom is 0.181 e. The Kier molecular flexibility index (Phi) is 3.43. The molecule has 2 atom stereocenters. The van der Waals surface area contributed by atoms with Crippen molar-refractivity contribution in [3.8, 4) is 22.9 Å². The Morgan fingerprint density at radius 2 is 1.79 bits per heavy atom. The highest BCUT2D eigenvalue weighted by atomic mass is 16.5. The van der Waals surface area contributed by atoms with Gasteiger partial charge >= 0.3 is 0 Å². The van der Waals surface area contributed by atoms with Crippen LogP contribution in [0, 0.1) is 0 Å². The quantitative estimate of drug-likeness (QED) is 0.553. The molecule has 2 bridgehead atoms. The van der Waals surface area contributed by atoms with Gasteiger partial charge in [0.25, 0.3) is 0 Å². The SMILES string of the molecule is Cn1nnnc1-c1ccc2c(c1)Oc1ccccc1C2=C1CC2CCC(C1)N2. The van der Waals surface area contributed by atoms with Gasteiger partial charge in [0, 0.05) is 35.8 Å². The minimum absolute atomic E-state index is 0.615. The highest BCUT2D eigenvalue weighted by Gasteiger charge is 2.34. The van der Waals surface area contributed by atoms with E-state index in [4.69, 9.17) is 4.74 Å². The number of benzene rings is 2. The number of ether oxygens (including phenoxy) is 1. The van der Waals surface area contributed by atoms with Crippen LogP contribution in [-0.2, 0) is 7.05 Å². The Bertz CT molecular complexity index is 1100. The fourth-order valence-electron chi connectivity index (χ4n) is 4.94. The lowest BCUT2D eigenvalue weighted by Gasteiger charge is -2.30. The molecule has 0 amide bonds. The third-order valence-electron chi connectivity index (χ3n) is 6.18. The number of aryl methyl sites for hydroxylation is 1. The van der Waals surface area contributed by atoms with Crippen LogP contribution in [0.3, 0.4) is 0 Å². The van der Waals surface area contributed by atoms with Crippen LogP contribution in [0.1, 0.15) is 36.8 Å². The van der Waals surface area contributed by atoms with E-state index in [1.807, 2.05) is 13.1 Å². The summed E-state index contributed by atoms with van der Waals surface area (Å²) in [6.45, 7) is 0. The lowest BCUT2D eigenvalue weighted by atomic mass is 9.84. The number of nitrogens with zero attached hydrogens (tertiary/aromatic N) is 4. The molecule has 4 heterocycles. The lowest BCUT2D eigenvalue weighted by molar-refractivity contribution is 0.465. The first-order chi connectivity index (χ1) is 13.8. The van der Waals surface area contributed by atoms with Crippen molar-refractivity contribution in [2.45, 2.75) is 37.8 Å². The predicted molar refractivity (Wildman–Crippen MR) is 106 cm³/mol. The Balaban J connectivity index is 1.54. The largest absolute Gasteiger partial charge is 0.456 e. The zero-order valence-corrected chi connectivity index (χ0v) is 15.7. The van der Waals surface area contributed by atoms with Gasteiger partial charge in [0.2, 0.25) is 0 Å². The molecule has 0 aliphatic carbocycles. The molecule has 1 aromatic heterocycles. The summed E-state index contributed by atoms with van der Waals surface area (Å²) in [6, 6.07) is 15.9. The van der Waals surface area contributed by atoms with Gasteiger partial charge in [0.05, 0.1) is 0 Å². The van der Waals surface area contributed by atoms with Gasteiger partial charge in [0.1, 0.15) is 11.5 Å². The first-order valence-corrected chi connectivity index (χ1v) is 9.89. The number of para-hydroxylation sites is 1. The first-order valence-electron chi connectivity index (χ1n) is 9.89. The minimum atomic E-state index is 0.615. The minimum Gasteiger partial charge on any atom is -0.456 e. The maximum absolute atomic E-state index is 6.32. The molecule has 6 heteroatoms. The van der Waals surface area contributed by atoms with Crippen molar-refractivity contribution >= 4 is 5.57 Å². The average molecular weight is 371 g/mol. The molecule has 6 rings (SSSR count). The van der Waals surface area contributed by atoms with Gasteiger partial charge < -0.3 is 10.1 Å².